The molecule has 4 rings (SSSR count). The number of amides is 1. The zero-order valence-electron chi connectivity index (χ0n) is 16.4. The number of primary sulfonamides is 1. The van der Waals surface area contributed by atoms with E-state index in [-0.39, 0.29) is 40.6 Å². The van der Waals surface area contributed by atoms with Gasteiger partial charge in [0.1, 0.15) is 17.4 Å². The summed E-state index contributed by atoms with van der Waals surface area (Å²) in [6.45, 7) is 0.0516. The predicted molar refractivity (Wildman–Crippen MR) is 118 cm³/mol. The third kappa shape index (κ3) is 4.40. The van der Waals surface area contributed by atoms with E-state index in [1.807, 2.05) is 0 Å². The fourth-order valence-corrected chi connectivity index (χ4v) is 3.79. The topological polar surface area (TPSA) is 150 Å². The van der Waals surface area contributed by atoms with Crippen molar-refractivity contribution >= 4 is 44.3 Å². The van der Waals surface area contributed by atoms with Gasteiger partial charge in [-0.2, -0.15) is 0 Å². The first-order valence-electron chi connectivity index (χ1n) is 9.26. The summed E-state index contributed by atoms with van der Waals surface area (Å²) in [7, 11) is -3.82. The molecule has 0 fully saturated rings. The van der Waals surface area contributed by atoms with E-state index in [0.29, 0.717) is 16.3 Å². The molecule has 2 aromatic heterocycles. The normalized spacial score (nSPS) is 11.6. The van der Waals surface area contributed by atoms with Crippen molar-refractivity contribution in [2.45, 2.75) is 17.9 Å². The fourth-order valence-electron chi connectivity index (χ4n) is 3.05. The zero-order chi connectivity index (χ0) is 22.9. The molecule has 10 nitrogen and oxygen atoms in total. The lowest BCUT2D eigenvalue weighted by molar-refractivity contribution is -0.116. The largest absolute Gasteiger partial charge is 0.335 e. The van der Waals surface area contributed by atoms with E-state index >= 15 is 0 Å². The van der Waals surface area contributed by atoms with Crippen LogP contribution in [0.4, 0.5) is 5.69 Å². The number of aromatic nitrogens is 3. The van der Waals surface area contributed by atoms with Crippen LogP contribution < -0.4 is 16.0 Å². The first-order valence-corrected chi connectivity index (χ1v) is 11.2. The van der Waals surface area contributed by atoms with E-state index in [2.05, 4.69) is 15.5 Å². The van der Waals surface area contributed by atoms with Crippen LogP contribution in [0.2, 0.25) is 5.02 Å². The number of rotatable bonds is 6. The van der Waals surface area contributed by atoms with Crippen molar-refractivity contribution in [2.75, 3.05) is 5.32 Å². The number of carbonyl (C=O) groups excluding carboxylic acids is 1. The summed E-state index contributed by atoms with van der Waals surface area (Å²) >= 11 is 6.22. The van der Waals surface area contributed by atoms with E-state index < -0.39 is 15.6 Å². The van der Waals surface area contributed by atoms with Gasteiger partial charge in [0.05, 0.1) is 9.92 Å². The third-order valence-electron chi connectivity index (χ3n) is 4.64. The fraction of sp³-hybridized carbons (Fsp3) is 0.100. The molecule has 12 heteroatoms. The second-order valence-corrected chi connectivity index (χ2v) is 8.77. The standard InChI is InChI=1S/C20H16ClN5O5S/c21-15-4-2-1-3-14(15)18-17-19(31-25-18)23-11-26(20(17)28)10-9-16(27)24-12-5-7-13(8-6-12)32(22,29)30/h1-8,11H,9-10H2,(H,24,27)(H2,22,29,30). The smallest absolute Gasteiger partial charge is 0.266 e. The van der Waals surface area contributed by atoms with E-state index in [4.69, 9.17) is 21.3 Å². The molecule has 0 bridgehead atoms. The van der Waals surface area contributed by atoms with Gasteiger partial charge in [0.2, 0.25) is 15.9 Å². The van der Waals surface area contributed by atoms with Crippen LogP contribution >= 0.6 is 11.6 Å². The summed E-state index contributed by atoms with van der Waals surface area (Å²) in [6.07, 6.45) is 1.25. The molecular weight excluding hydrogens is 458 g/mol. The van der Waals surface area contributed by atoms with Crippen molar-refractivity contribution in [2.24, 2.45) is 5.14 Å². The van der Waals surface area contributed by atoms with E-state index in [1.165, 1.54) is 35.2 Å². The highest BCUT2D eigenvalue weighted by Gasteiger charge is 2.19. The van der Waals surface area contributed by atoms with Gasteiger partial charge in [-0.15, -0.1) is 0 Å². The third-order valence-corrected chi connectivity index (χ3v) is 5.90. The Balaban J connectivity index is 1.52. The Kier molecular flexibility index (Phi) is 5.78. The van der Waals surface area contributed by atoms with E-state index in [0.717, 1.165) is 0 Å². The summed E-state index contributed by atoms with van der Waals surface area (Å²) in [5.41, 5.74) is 0.850. The molecule has 2 aromatic carbocycles. The van der Waals surface area contributed by atoms with Gasteiger partial charge in [-0.05, 0) is 30.3 Å². The van der Waals surface area contributed by atoms with Gasteiger partial charge >= 0.3 is 0 Å². The van der Waals surface area contributed by atoms with E-state index in [1.54, 1.807) is 24.3 Å². The SMILES string of the molecule is NS(=O)(=O)c1ccc(NC(=O)CCn2cnc3onc(-c4ccccc4Cl)c3c2=O)cc1. The number of benzene rings is 2. The molecule has 0 aliphatic heterocycles. The molecule has 0 saturated heterocycles. The minimum Gasteiger partial charge on any atom is -0.335 e. The van der Waals surface area contributed by atoms with Gasteiger partial charge in [-0.1, -0.05) is 35.0 Å². The summed E-state index contributed by atoms with van der Waals surface area (Å²) in [5, 5.41) is 12.2. The number of halogens is 1. The van der Waals surface area contributed by atoms with Crippen molar-refractivity contribution < 1.29 is 17.7 Å². The molecule has 2 heterocycles. The first-order chi connectivity index (χ1) is 15.2. The number of hydrogen-bond acceptors (Lipinski definition) is 7. The van der Waals surface area contributed by atoms with Crippen molar-refractivity contribution in [3.63, 3.8) is 0 Å². The minimum atomic E-state index is -3.82. The number of hydrogen-bond donors (Lipinski definition) is 2. The lowest BCUT2D eigenvalue weighted by Crippen LogP contribution is -2.23. The van der Waals surface area contributed by atoms with Crippen LogP contribution in [0.3, 0.4) is 0 Å². The van der Waals surface area contributed by atoms with Crippen molar-refractivity contribution in [1.29, 1.82) is 0 Å². The summed E-state index contributed by atoms with van der Waals surface area (Å²) in [6, 6.07) is 12.3. The van der Waals surface area contributed by atoms with Gasteiger partial charge < -0.3 is 9.84 Å². The average Bonchev–Trinajstić information content (AvgIpc) is 3.18. The second-order valence-electron chi connectivity index (χ2n) is 6.80. The number of nitrogens with two attached hydrogens (primary N) is 1. The maximum Gasteiger partial charge on any atom is 0.266 e. The molecule has 0 atom stereocenters. The summed E-state index contributed by atoms with van der Waals surface area (Å²) in [5.74, 6) is -0.378. The highest BCUT2D eigenvalue weighted by atomic mass is 35.5. The van der Waals surface area contributed by atoms with Crippen LogP contribution in [0.25, 0.3) is 22.4 Å². The van der Waals surface area contributed by atoms with Crippen LogP contribution in [-0.4, -0.2) is 29.0 Å². The lowest BCUT2D eigenvalue weighted by atomic mass is 10.1. The minimum absolute atomic E-state index is 0.0310. The van der Waals surface area contributed by atoms with Gasteiger partial charge in [0.15, 0.2) is 0 Å². The number of sulfonamides is 1. The molecule has 164 valence electrons. The monoisotopic (exact) mass is 473 g/mol. The summed E-state index contributed by atoms with van der Waals surface area (Å²) in [4.78, 5) is 29.3. The van der Waals surface area contributed by atoms with Gasteiger partial charge in [-0.3, -0.25) is 14.2 Å². The molecule has 32 heavy (non-hydrogen) atoms. The summed E-state index contributed by atoms with van der Waals surface area (Å²) < 4.78 is 29.0. The van der Waals surface area contributed by atoms with Gasteiger partial charge in [0, 0.05) is 24.2 Å². The first kappa shape index (κ1) is 21.7. The molecule has 0 saturated carbocycles. The van der Waals surface area contributed by atoms with Crippen molar-refractivity contribution in [3.8, 4) is 11.3 Å². The highest BCUT2D eigenvalue weighted by Crippen LogP contribution is 2.30. The molecule has 0 unspecified atom stereocenters. The number of fused-ring (bicyclic) bond motifs is 1. The zero-order valence-corrected chi connectivity index (χ0v) is 17.9. The lowest BCUT2D eigenvalue weighted by Gasteiger charge is -2.08. The number of carbonyl (C=O) groups is 1. The highest BCUT2D eigenvalue weighted by molar-refractivity contribution is 7.89. The Morgan fingerprint density at radius 1 is 1.16 bits per heavy atom. The molecule has 0 radical (unpaired) electrons. The van der Waals surface area contributed by atoms with Crippen LogP contribution in [0.15, 0.2) is 69.1 Å². The maximum absolute atomic E-state index is 13.0. The second kappa shape index (κ2) is 8.54. The molecule has 4 aromatic rings. The Bertz CT molecular complexity index is 1480. The Hall–Kier alpha value is -3.54. The number of anilines is 1. The van der Waals surface area contributed by atoms with Crippen LogP contribution in [0, 0.1) is 0 Å². The van der Waals surface area contributed by atoms with Crippen LogP contribution in [0.1, 0.15) is 6.42 Å². The maximum atomic E-state index is 13.0. The molecular formula is C20H16ClN5O5S. The number of aryl methyl sites for hydroxylation is 1. The number of nitrogens with one attached hydrogen (secondary N) is 1. The Morgan fingerprint density at radius 2 is 1.88 bits per heavy atom. The average molecular weight is 474 g/mol. The van der Waals surface area contributed by atoms with Crippen LogP contribution in [-0.2, 0) is 21.4 Å². The Labute approximate surface area is 186 Å². The van der Waals surface area contributed by atoms with Crippen molar-refractivity contribution in [1.82, 2.24) is 14.7 Å². The Morgan fingerprint density at radius 3 is 2.56 bits per heavy atom. The van der Waals surface area contributed by atoms with Gasteiger partial charge in [0.25, 0.3) is 11.3 Å². The molecule has 1 amide bonds. The van der Waals surface area contributed by atoms with Crippen LogP contribution in [0.5, 0.6) is 0 Å². The number of nitrogens with zero attached hydrogens (tertiary/aromatic N) is 3. The van der Waals surface area contributed by atoms with Gasteiger partial charge in [-0.25, -0.2) is 18.5 Å². The predicted octanol–water partition coefficient (Wildman–Crippen LogP) is 2.38. The molecule has 0 spiro atoms. The van der Waals surface area contributed by atoms with Crippen molar-refractivity contribution in [3.05, 3.63) is 70.2 Å². The van der Waals surface area contributed by atoms with E-state index in [9.17, 15) is 18.0 Å². The molecule has 3 N–H and O–H groups in total. The quantitative estimate of drug-likeness (QED) is 0.436. The molecule has 0 aliphatic rings. The molecule has 0 aliphatic carbocycles.